The van der Waals surface area contributed by atoms with Crippen LogP contribution in [0.5, 0.6) is 0 Å². The third-order valence-electron chi connectivity index (χ3n) is 4.98. The summed E-state index contributed by atoms with van der Waals surface area (Å²) in [6.45, 7) is 3.78. The summed E-state index contributed by atoms with van der Waals surface area (Å²) < 4.78 is 0. The largest absolute Gasteiger partial charge is 0.330 e. The SMILES string of the molecule is CCN(CC(=O)N1CC(=O)N(c2cccc(Cl)c2C)C1)C(=O)c1ccc(Cl)cc1Cl. The zero-order valence-electron chi connectivity index (χ0n) is 16.5. The van der Waals surface area contributed by atoms with Gasteiger partial charge < -0.3 is 9.80 Å². The number of benzene rings is 2. The molecule has 30 heavy (non-hydrogen) atoms. The second kappa shape index (κ2) is 9.25. The van der Waals surface area contributed by atoms with Crippen LogP contribution in [0.3, 0.4) is 0 Å². The molecule has 0 aromatic heterocycles. The quantitative estimate of drug-likeness (QED) is 0.659. The summed E-state index contributed by atoms with van der Waals surface area (Å²) >= 11 is 18.2. The number of rotatable bonds is 5. The van der Waals surface area contributed by atoms with Crippen molar-refractivity contribution in [2.45, 2.75) is 13.8 Å². The summed E-state index contributed by atoms with van der Waals surface area (Å²) in [6.07, 6.45) is 0. The van der Waals surface area contributed by atoms with Crippen LogP contribution < -0.4 is 4.90 Å². The van der Waals surface area contributed by atoms with E-state index in [2.05, 4.69) is 0 Å². The Morgan fingerprint density at radius 2 is 1.83 bits per heavy atom. The minimum atomic E-state index is -0.374. The molecule has 0 radical (unpaired) electrons. The summed E-state index contributed by atoms with van der Waals surface area (Å²) in [5, 5.41) is 1.19. The first-order valence-corrected chi connectivity index (χ1v) is 10.4. The first-order chi connectivity index (χ1) is 14.2. The lowest BCUT2D eigenvalue weighted by Crippen LogP contribution is -2.42. The number of amides is 3. The van der Waals surface area contributed by atoms with Crippen LogP contribution in [-0.4, -0.2) is 53.8 Å². The first-order valence-electron chi connectivity index (χ1n) is 9.30. The topological polar surface area (TPSA) is 60.9 Å². The fourth-order valence-corrected chi connectivity index (χ4v) is 3.90. The van der Waals surface area contributed by atoms with Crippen molar-refractivity contribution in [1.29, 1.82) is 0 Å². The predicted molar refractivity (Wildman–Crippen MR) is 118 cm³/mol. The molecule has 0 unspecified atom stereocenters. The summed E-state index contributed by atoms with van der Waals surface area (Å²) in [4.78, 5) is 42.5. The molecule has 0 saturated carbocycles. The molecule has 6 nitrogen and oxygen atoms in total. The van der Waals surface area contributed by atoms with Gasteiger partial charge in [-0.15, -0.1) is 0 Å². The van der Waals surface area contributed by atoms with Crippen molar-refractivity contribution >= 4 is 58.2 Å². The van der Waals surface area contributed by atoms with Crippen LogP contribution in [0, 0.1) is 6.92 Å². The lowest BCUT2D eigenvalue weighted by molar-refractivity contribution is -0.132. The highest BCUT2D eigenvalue weighted by molar-refractivity contribution is 6.36. The molecule has 158 valence electrons. The Labute approximate surface area is 189 Å². The Hall–Kier alpha value is -2.28. The molecular formula is C21H20Cl3N3O3. The van der Waals surface area contributed by atoms with E-state index in [1.165, 1.54) is 26.8 Å². The number of anilines is 1. The van der Waals surface area contributed by atoms with Gasteiger partial charge in [0.2, 0.25) is 11.8 Å². The summed E-state index contributed by atoms with van der Waals surface area (Å²) in [7, 11) is 0. The van der Waals surface area contributed by atoms with E-state index in [-0.39, 0.29) is 48.1 Å². The highest BCUT2D eigenvalue weighted by Crippen LogP contribution is 2.29. The lowest BCUT2D eigenvalue weighted by atomic mass is 10.2. The zero-order valence-corrected chi connectivity index (χ0v) is 18.8. The van der Waals surface area contributed by atoms with E-state index in [0.717, 1.165) is 5.56 Å². The second-order valence-electron chi connectivity index (χ2n) is 6.88. The van der Waals surface area contributed by atoms with Crippen LogP contribution in [0.4, 0.5) is 5.69 Å². The number of hydrogen-bond acceptors (Lipinski definition) is 3. The van der Waals surface area contributed by atoms with Crippen LogP contribution >= 0.6 is 34.8 Å². The van der Waals surface area contributed by atoms with Gasteiger partial charge in [-0.1, -0.05) is 40.9 Å². The van der Waals surface area contributed by atoms with Gasteiger partial charge in [-0.25, -0.2) is 0 Å². The number of halogens is 3. The number of hydrogen-bond donors (Lipinski definition) is 0. The summed E-state index contributed by atoms with van der Waals surface area (Å²) in [5.74, 6) is -0.907. The molecule has 1 saturated heterocycles. The molecule has 9 heteroatoms. The van der Waals surface area contributed by atoms with Crippen LogP contribution in [-0.2, 0) is 9.59 Å². The molecule has 0 N–H and O–H groups in total. The van der Waals surface area contributed by atoms with Gasteiger partial charge in [-0.2, -0.15) is 0 Å². The number of carbonyl (C=O) groups is 3. The van der Waals surface area contributed by atoms with Gasteiger partial charge >= 0.3 is 0 Å². The average molecular weight is 469 g/mol. The van der Waals surface area contributed by atoms with E-state index >= 15 is 0 Å². The van der Waals surface area contributed by atoms with E-state index in [1.807, 2.05) is 6.92 Å². The van der Waals surface area contributed by atoms with Gasteiger partial charge in [0.15, 0.2) is 0 Å². The molecule has 3 rings (SSSR count). The maximum atomic E-state index is 12.8. The van der Waals surface area contributed by atoms with E-state index in [9.17, 15) is 14.4 Å². The van der Waals surface area contributed by atoms with Crippen LogP contribution in [0.15, 0.2) is 36.4 Å². The molecule has 1 heterocycles. The van der Waals surface area contributed by atoms with Crippen molar-refractivity contribution in [3.8, 4) is 0 Å². The highest BCUT2D eigenvalue weighted by Gasteiger charge is 2.33. The van der Waals surface area contributed by atoms with E-state index in [0.29, 0.717) is 22.3 Å². The Kier molecular flexibility index (Phi) is 6.91. The lowest BCUT2D eigenvalue weighted by Gasteiger charge is -2.24. The van der Waals surface area contributed by atoms with Gasteiger partial charge in [0, 0.05) is 22.3 Å². The standard InChI is InChI=1S/C21H20Cl3N3O3/c1-3-25(21(30)15-8-7-14(22)9-17(15)24)10-19(28)26-11-20(29)27(12-26)18-6-4-5-16(23)13(18)2/h4-9H,3,10-12H2,1-2H3. The van der Waals surface area contributed by atoms with Crippen molar-refractivity contribution < 1.29 is 14.4 Å². The Morgan fingerprint density at radius 1 is 1.10 bits per heavy atom. The molecule has 0 atom stereocenters. The maximum Gasteiger partial charge on any atom is 0.255 e. The maximum absolute atomic E-state index is 12.8. The fourth-order valence-electron chi connectivity index (χ4n) is 3.24. The number of carbonyl (C=O) groups excluding carboxylic acids is 3. The van der Waals surface area contributed by atoms with Gasteiger partial charge in [0.1, 0.15) is 19.8 Å². The third-order valence-corrected chi connectivity index (χ3v) is 5.94. The first kappa shape index (κ1) is 22.4. The van der Waals surface area contributed by atoms with Gasteiger partial charge in [0.25, 0.3) is 5.91 Å². The van der Waals surface area contributed by atoms with Crippen molar-refractivity contribution in [1.82, 2.24) is 9.80 Å². The molecule has 2 aromatic carbocycles. The molecule has 1 aliphatic rings. The molecule has 0 aliphatic carbocycles. The monoisotopic (exact) mass is 467 g/mol. The van der Waals surface area contributed by atoms with Crippen LogP contribution in [0.1, 0.15) is 22.8 Å². The summed E-state index contributed by atoms with van der Waals surface area (Å²) in [6, 6.07) is 9.88. The number of likely N-dealkylation sites (N-methyl/N-ethyl adjacent to an activating group) is 1. The van der Waals surface area contributed by atoms with Gasteiger partial charge in [-0.05, 0) is 49.7 Å². The van der Waals surface area contributed by atoms with E-state index < -0.39 is 0 Å². The number of nitrogens with zero attached hydrogens (tertiary/aromatic N) is 3. The Bertz CT molecular complexity index is 1010. The average Bonchev–Trinajstić information content (AvgIpc) is 3.09. The van der Waals surface area contributed by atoms with Crippen molar-refractivity contribution in [2.75, 3.05) is 31.2 Å². The van der Waals surface area contributed by atoms with Crippen molar-refractivity contribution in [2.24, 2.45) is 0 Å². The van der Waals surface area contributed by atoms with Crippen LogP contribution in [0.25, 0.3) is 0 Å². The smallest absolute Gasteiger partial charge is 0.255 e. The molecule has 0 bridgehead atoms. The van der Waals surface area contributed by atoms with Gasteiger partial charge in [-0.3, -0.25) is 19.3 Å². The minimum absolute atomic E-state index is 0.0573. The Morgan fingerprint density at radius 3 is 2.50 bits per heavy atom. The molecule has 0 spiro atoms. The fraction of sp³-hybridized carbons (Fsp3) is 0.286. The summed E-state index contributed by atoms with van der Waals surface area (Å²) in [5.41, 5.74) is 1.70. The van der Waals surface area contributed by atoms with E-state index in [4.69, 9.17) is 34.8 Å². The Balaban J connectivity index is 1.72. The van der Waals surface area contributed by atoms with E-state index in [1.54, 1.807) is 31.2 Å². The van der Waals surface area contributed by atoms with Crippen molar-refractivity contribution in [3.63, 3.8) is 0 Å². The molecule has 2 aromatic rings. The van der Waals surface area contributed by atoms with Crippen molar-refractivity contribution in [3.05, 3.63) is 62.6 Å². The predicted octanol–water partition coefficient (Wildman–Crippen LogP) is 4.25. The molecule has 1 aliphatic heterocycles. The zero-order chi connectivity index (χ0) is 22.0. The normalized spacial score (nSPS) is 13.7. The third kappa shape index (κ3) is 4.56. The molecule has 3 amide bonds. The second-order valence-corrected chi connectivity index (χ2v) is 8.13. The molecule has 1 fully saturated rings. The molecular weight excluding hydrogens is 449 g/mol. The van der Waals surface area contributed by atoms with Crippen LogP contribution in [0.2, 0.25) is 15.1 Å². The van der Waals surface area contributed by atoms with Gasteiger partial charge in [0.05, 0.1) is 10.6 Å². The minimum Gasteiger partial charge on any atom is -0.330 e. The highest BCUT2D eigenvalue weighted by atomic mass is 35.5.